The number of benzene rings is 2. The molecule has 0 bridgehead atoms. The number of para-hydroxylation sites is 1. The van der Waals surface area contributed by atoms with Crippen LogP contribution in [0.1, 0.15) is 21.7 Å². The lowest BCUT2D eigenvalue weighted by Crippen LogP contribution is -2.33. The Bertz CT molecular complexity index is 1030. The zero-order valence-electron chi connectivity index (χ0n) is 14.7. The predicted molar refractivity (Wildman–Crippen MR) is 98.4 cm³/mol. The van der Waals surface area contributed by atoms with Gasteiger partial charge < -0.3 is 4.90 Å². The molecule has 0 fully saturated rings. The van der Waals surface area contributed by atoms with Crippen molar-refractivity contribution in [3.05, 3.63) is 87.6 Å². The molecule has 0 unspecified atom stereocenters. The van der Waals surface area contributed by atoms with Crippen LogP contribution in [0.3, 0.4) is 0 Å². The monoisotopic (exact) mass is 351 g/mol. The van der Waals surface area contributed by atoms with Crippen LogP contribution in [0.25, 0.3) is 5.69 Å². The summed E-state index contributed by atoms with van der Waals surface area (Å²) in [5.74, 6) is -1.04. The fraction of sp³-hybridized carbons (Fsp3) is 0.150. The van der Waals surface area contributed by atoms with Gasteiger partial charge in [0.05, 0.1) is 0 Å². The van der Waals surface area contributed by atoms with Gasteiger partial charge >= 0.3 is 0 Å². The van der Waals surface area contributed by atoms with Crippen molar-refractivity contribution < 1.29 is 9.18 Å². The van der Waals surface area contributed by atoms with Gasteiger partial charge in [0.1, 0.15) is 11.5 Å². The Balaban J connectivity index is 2.06. The minimum absolute atomic E-state index is 0.178. The van der Waals surface area contributed by atoms with E-state index in [0.717, 1.165) is 5.56 Å². The fourth-order valence-corrected chi connectivity index (χ4v) is 2.61. The number of anilines is 1. The molecular weight excluding hydrogens is 333 g/mol. The van der Waals surface area contributed by atoms with Crippen LogP contribution in [-0.4, -0.2) is 22.7 Å². The molecule has 1 heterocycles. The largest absolute Gasteiger partial charge is 0.310 e. The Morgan fingerprint density at radius 3 is 2.38 bits per heavy atom. The molecule has 0 aliphatic carbocycles. The van der Waals surface area contributed by atoms with Crippen molar-refractivity contribution in [2.75, 3.05) is 11.9 Å². The second kappa shape index (κ2) is 6.92. The summed E-state index contributed by atoms with van der Waals surface area (Å²) in [5, 5.41) is 4.14. The van der Waals surface area contributed by atoms with Gasteiger partial charge in [0.25, 0.3) is 5.91 Å². The van der Waals surface area contributed by atoms with Crippen LogP contribution >= 0.6 is 0 Å². The highest BCUT2D eigenvalue weighted by Gasteiger charge is 2.21. The Morgan fingerprint density at radius 2 is 1.73 bits per heavy atom. The van der Waals surface area contributed by atoms with Crippen molar-refractivity contribution in [3.8, 4) is 5.69 Å². The lowest BCUT2D eigenvalue weighted by molar-refractivity contribution is 0.0985. The van der Waals surface area contributed by atoms with Gasteiger partial charge in [0, 0.05) is 24.5 Å². The number of carbonyl (C=O) groups is 1. The Kier molecular flexibility index (Phi) is 4.67. The topological polar surface area (TPSA) is 55.2 Å². The second-order valence-electron chi connectivity index (χ2n) is 6.06. The number of carbonyl (C=O) groups excluding carboxylic acids is 1. The van der Waals surface area contributed by atoms with E-state index in [0.29, 0.717) is 11.4 Å². The van der Waals surface area contributed by atoms with Crippen LogP contribution in [0.5, 0.6) is 0 Å². The highest BCUT2D eigenvalue weighted by Crippen LogP contribution is 2.16. The molecule has 0 aliphatic rings. The molecule has 1 aromatic heterocycles. The fourth-order valence-electron chi connectivity index (χ4n) is 2.61. The molecule has 3 aromatic rings. The maximum absolute atomic E-state index is 14.1. The summed E-state index contributed by atoms with van der Waals surface area (Å²) in [6.07, 6.45) is 0. The Morgan fingerprint density at radius 1 is 1.08 bits per heavy atom. The van der Waals surface area contributed by atoms with E-state index in [1.54, 1.807) is 38.2 Å². The van der Waals surface area contributed by atoms with Crippen LogP contribution in [0.4, 0.5) is 10.1 Å². The molecule has 1 amide bonds. The molecule has 0 N–H and O–H groups in total. The van der Waals surface area contributed by atoms with E-state index < -0.39 is 17.2 Å². The number of nitrogens with zero attached hydrogens (tertiary/aromatic N) is 3. The van der Waals surface area contributed by atoms with Gasteiger partial charge in [-0.1, -0.05) is 29.8 Å². The number of aryl methyl sites for hydroxylation is 2. The van der Waals surface area contributed by atoms with Crippen molar-refractivity contribution in [3.63, 3.8) is 0 Å². The Hall–Kier alpha value is -3.28. The zero-order chi connectivity index (χ0) is 18.8. The maximum Gasteiger partial charge on any atom is 0.282 e. The SMILES string of the molecule is Cc1ccc(N(C)C(=O)c2nn(-c3ccccc3F)c(C)cc2=O)cc1. The summed E-state index contributed by atoms with van der Waals surface area (Å²) in [6, 6.07) is 14.7. The normalized spacial score (nSPS) is 10.6. The molecular formula is C20H18FN3O2. The number of amides is 1. The third-order valence-corrected chi connectivity index (χ3v) is 4.12. The minimum Gasteiger partial charge on any atom is -0.310 e. The highest BCUT2D eigenvalue weighted by atomic mass is 19.1. The smallest absolute Gasteiger partial charge is 0.282 e. The van der Waals surface area contributed by atoms with Crippen molar-refractivity contribution >= 4 is 11.6 Å². The van der Waals surface area contributed by atoms with Gasteiger partial charge in [-0.25, -0.2) is 9.07 Å². The summed E-state index contributed by atoms with van der Waals surface area (Å²) in [4.78, 5) is 26.5. The van der Waals surface area contributed by atoms with E-state index in [9.17, 15) is 14.0 Å². The van der Waals surface area contributed by atoms with Gasteiger partial charge in [-0.15, -0.1) is 0 Å². The third-order valence-electron chi connectivity index (χ3n) is 4.12. The van der Waals surface area contributed by atoms with E-state index in [2.05, 4.69) is 5.10 Å². The average Bonchev–Trinajstić information content (AvgIpc) is 2.62. The van der Waals surface area contributed by atoms with Gasteiger partial charge in [0.15, 0.2) is 5.69 Å². The highest BCUT2D eigenvalue weighted by molar-refractivity contribution is 6.04. The second-order valence-corrected chi connectivity index (χ2v) is 6.06. The van der Waals surface area contributed by atoms with Crippen molar-refractivity contribution in [2.45, 2.75) is 13.8 Å². The summed E-state index contributed by atoms with van der Waals surface area (Å²) < 4.78 is 15.4. The first-order chi connectivity index (χ1) is 12.4. The first-order valence-electron chi connectivity index (χ1n) is 8.09. The number of hydrogen-bond acceptors (Lipinski definition) is 3. The molecule has 6 heteroatoms. The van der Waals surface area contributed by atoms with E-state index in [1.807, 2.05) is 19.1 Å². The molecule has 0 radical (unpaired) electrons. The maximum atomic E-state index is 14.1. The third kappa shape index (κ3) is 3.26. The summed E-state index contributed by atoms with van der Waals surface area (Å²) in [5.41, 5.74) is 1.55. The summed E-state index contributed by atoms with van der Waals surface area (Å²) >= 11 is 0. The molecule has 0 saturated carbocycles. The van der Waals surface area contributed by atoms with Crippen LogP contribution in [0.2, 0.25) is 0 Å². The van der Waals surface area contributed by atoms with Gasteiger partial charge in [-0.2, -0.15) is 5.10 Å². The molecule has 2 aromatic carbocycles. The number of hydrogen-bond donors (Lipinski definition) is 0. The lowest BCUT2D eigenvalue weighted by atomic mass is 10.2. The predicted octanol–water partition coefficient (Wildman–Crippen LogP) is 3.27. The first-order valence-corrected chi connectivity index (χ1v) is 8.09. The average molecular weight is 351 g/mol. The number of aromatic nitrogens is 2. The van der Waals surface area contributed by atoms with E-state index in [4.69, 9.17) is 0 Å². The molecule has 5 nitrogen and oxygen atoms in total. The molecule has 26 heavy (non-hydrogen) atoms. The van der Waals surface area contributed by atoms with E-state index in [-0.39, 0.29) is 11.4 Å². The Labute approximate surface area is 150 Å². The lowest BCUT2D eigenvalue weighted by Gasteiger charge is -2.18. The molecule has 0 spiro atoms. The van der Waals surface area contributed by atoms with Crippen LogP contribution in [-0.2, 0) is 0 Å². The quantitative estimate of drug-likeness (QED) is 0.728. The van der Waals surface area contributed by atoms with Gasteiger partial charge in [0.2, 0.25) is 5.43 Å². The molecule has 3 rings (SSSR count). The van der Waals surface area contributed by atoms with Gasteiger partial charge in [-0.05, 0) is 38.1 Å². The zero-order valence-corrected chi connectivity index (χ0v) is 14.7. The summed E-state index contributed by atoms with van der Waals surface area (Å²) in [6.45, 7) is 3.58. The molecule has 132 valence electrons. The van der Waals surface area contributed by atoms with Gasteiger partial charge in [-0.3, -0.25) is 9.59 Å². The summed E-state index contributed by atoms with van der Waals surface area (Å²) in [7, 11) is 1.57. The number of rotatable bonds is 3. The number of halogens is 1. The van der Waals surface area contributed by atoms with E-state index in [1.165, 1.54) is 27.8 Å². The molecule has 0 atom stereocenters. The standard InChI is InChI=1S/C20H18FN3O2/c1-13-8-10-15(11-9-13)23(3)20(26)19-18(25)12-14(2)24(22-19)17-7-5-4-6-16(17)21/h4-12H,1-3H3. The van der Waals surface area contributed by atoms with Crippen molar-refractivity contribution in [1.29, 1.82) is 0 Å². The molecule has 0 saturated heterocycles. The minimum atomic E-state index is -0.552. The van der Waals surface area contributed by atoms with Crippen molar-refractivity contribution in [1.82, 2.24) is 9.78 Å². The van der Waals surface area contributed by atoms with E-state index >= 15 is 0 Å². The van der Waals surface area contributed by atoms with Crippen LogP contribution in [0, 0.1) is 19.7 Å². The molecule has 0 aliphatic heterocycles. The first kappa shape index (κ1) is 17.5. The van der Waals surface area contributed by atoms with Crippen LogP contribution < -0.4 is 10.3 Å². The van der Waals surface area contributed by atoms with Crippen LogP contribution in [0.15, 0.2) is 59.4 Å². The van der Waals surface area contributed by atoms with Crippen molar-refractivity contribution in [2.24, 2.45) is 0 Å².